The third-order valence-electron chi connectivity index (χ3n) is 4.97. The van der Waals surface area contributed by atoms with Crippen LogP contribution in [0, 0.1) is 5.92 Å². The Hall–Kier alpha value is -2.58. The van der Waals surface area contributed by atoms with Crippen molar-refractivity contribution in [2.45, 2.75) is 12.8 Å². The van der Waals surface area contributed by atoms with E-state index in [0.717, 1.165) is 36.2 Å². The molecule has 2 aromatic rings. The second-order valence-corrected chi connectivity index (χ2v) is 9.11. The average molecular weight is 418 g/mol. The lowest BCUT2D eigenvalue weighted by molar-refractivity contribution is 0.0677. The number of carbonyl (C=O) groups excluding carboxylic acids is 1. The fraction of sp³-hybridized carbons (Fsp3) is 0.381. The van der Waals surface area contributed by atoms with Crippen molar-refractivity contribution in [1.29, 1.82) is 0 Å². The zero-order valence-electron chi connectivity index (χ0n) is 16.7. The molecule has 0 aliphatic carbocycles. The number of methoxy groups -OCH3 is 1. The van der Waals surface area contributed by atoms with Crippen molar-refractivity contribution in [2.24, 2.45) is 5.92 Å². The Morgan fingerprint density at radius 2 is 1.90 bits per heavy atom. The molecule has 0 bridgehead atoms. The Morgan fingerprint density at radius 3 is 2.59 bits per heavy atom. The van der Waals surface area contributed by atoms with Crippen LogP contribution in [0.1, 0.15) is 23.2 Å². The summed E-state index contributed by atoms with van der Waals surface area (Å²) in [4.78, 5) is 15.0. The van der Waals surface area contributed by atoms with Gasteiger partial charge in [-0.3, -0.25) is 4.79 Å². The maximum Gasteiger partial charge on any atom is 0.255 e. The number of rotatable bonds is 7. The average Bonchev–Trinajstić information content (AvgIpc) is 2.72. The summed E-state index contributed by atoms with van der Waals surface area (Å²) in [5.74, 6) is 0.830. The molecular weight excluding hydrogens is 390 g/mol. The van der Waals surface area contributed by atoms with Crippen molar-refractivity contribution < 1.29 is 17.9 Å². The van der Waals surface area contributed by atoms with Crippen LogP contribution in [-0.2, 0) is 10.0 Å². The van der Waals surface area contributed by atoms with Crippen molar-refractivity contribution in [2.75, 3.05) is 38.3 Å². The number of anilines is 2. The van der Waals surface area contributed by atoms with E-state index in [1.807, 2.05) is 53.4 Å². The van der Waals surface area contributed by atoms with E-state index in [1.165, 1.54) is 0 Å². The Kier molecular flexibility index (Phi) is 6.76. The molecule has 0 saturated carbocycles. The number of piperidine rings is 1. The van der Waals surface area contributed by atoms with E-state index in [2.05, 4.69) is 10.0 Å². The number of nitrogens with zero attached hydrogens (tertiary/aromatic N) is 1. The number of benzene rings is 2. The van der Waals surface area contributed by atoms with Gasteiger partial charge in [0.05, 0.1) is 24.6 Å². The van der Waals surface area contributed by atoms with Gasteiger partial charge in [0.25, 0.3) is 5.91 Å². The fourth-order valence-electron chi connectivity index (χ4n) is 3.46. The molecule has 156 valence electrons. The van der Waals surface area contributed by atoms with Gasteiger partial charge >= 0.3 is 0 Å². The van der Waals surface area contributed by atoms with Crippen LogP contribution in [0.25, 0.3) is 0 Å². The topological polar surface area (TPSA) is 87.7 Å². The molecule has 2 N–H and O–H groups in total. The summed E-state index contributed by atoms with van der Waals surface area (Å²) < 4.78 is 30.5. The minimum absolute atomic E-state index is 0.0503. The first-order chi connectivity index (χ1) is 13.9. The lowest BCUT2D eigenvalue weighted by atomic mass is 9.97. The van der Waals surface area contributed by atoms with Gasteiger partial charge < -0.3 is 15.0 Å². The van der Waals surface area contributed by atoms with E-state index in [9.17, 15) is 13.2 Å². The van der Waals surface area contributed by atoms with Gasteiger partial charge in [0.2, 0.25) is 10.0 Å². The number of ether oxygens (including phenoxy) is 1. The number of likely N-dealkylation sites (tertiary alicyclic amines) is 1. The molecule has 0 unspecified atom stereocenters. The second-order valence-electron chi connectivity index (χ2n) is 7.28. The molecule has 0 aromatic heterocycles. The lowest BCUT2D eigenvalue weighted by Gasteiger charge is -2.33. The van der Waals surface area contributed by atoms with Crippen molar-refractivity contribution in [1.82, 2.24) is 9.62 Å². The molecular formula is C21H27N3O4S. The van der Waals surface area contributed by atoms with Crippen LogP contribution in [-0.4, -0.2) is 52.2 Å². The van der Waals surface area contributed by atoms with E-state index in [-0.39, 0.29) is 11.8 Å². The summed E-state index contributed by atoms with van der Waals surface area (Å²) in [7, 11) is -1.61. The highest BCUT2D eigenvalue weighted by Crippen LogP contribution is 2.26. The van der Waals surface area contributed by atoms with E-state index in [4.69, 9.17) is 4.74 Å². The molecule has 1 fully saturated rings. The molecule has 29 heavy (non-hydrogen) atoms. The van der Waals surface area contributed by atoms with E-state index >= 15 is 0 Å². The van der Waals surface area contributed by atoms with Gasteiger partial charge in [0, 0.05) is 25.3 Å². The van der Waals surface area contributed by atoms with Crippen molar-refractivity contribution >= 4 is 27.3 Å². The number of hydrogen-bond acceptors (Lipinski definition) is 5. The molecule has 1 aliphatic rings. The van der Waals surface area contributed by atoms with Crippen LogP contribution >= 0.6 is 0 Å². The maximum atomic E-state index is 13.2. The van der Waals surface area contributed by atoms with Crippen LogP contribution in [0.15, 0.2) is 48.5 Å². The minimum atomic E-state index is -3.23. The number of carbonyl (C=O) groups is 1. The van der Waals surface area contributed by atoms with E-state index in [1.54, 1.807) is 7.11 Å². The smallest absolute Gasteiger partial charge is 0.255 e. The lowest BCUT2D eigenvalue weighted by Crippen LogP contribution is -2.43. The highest BCUT2D eigenvalue weighted by atomic mass is 32.2. The van der Waals surface area contributed by atoms with E-state index < -0.39 is 10.0 Å². The molecule has 1 aliphatic heterocycles. The predicted molar refractivity (Wildman–Crippen MR) is 114 cm³/mol. The third kappa shape index (κ3) is 5.95. The minimum Gasteiger partial charge on any atom is -0.497 e. The molecule has 1 amide bonds. The zero-order valence-corrected chi connectivity index (χ0v) is 17.5. The van der Waals surface area contributed by atoms with Gasteiger partial charge in [0.1, 0.15) is 5.75 Å². The molecule has 3 rings (SSSR count). The molecule has 8 heteroatoms. The predicted octanol–water partition coefficient (Wildman–Crippen LogP) is 2.84. The van der Waals surface area contributed by atoms with Crippen molar-refractivity contribution in [3.8, 4) is 5.75 Å². The Bertz CT molecular complexity index is 945. The number of para-hydroxylation sites is 1. The standard InChI is InChI=1S/C21H27N3O4S/c1-28-18-11-9-17(10-12-18)23-20-8-4-3-7-19(20)21(25)24-13-5-6-16(15-24)14-22-29(2,26)27/h3-4,7-12,16,22-23H,5-6,13-15H2,1-2H3/t16-/m0/s1. The Morgan fingerprint density at radius 1 is 1.17 bits per heavy atom. The highest BCUT2D eigenvalue weighted by Gasteiger charge is 2.26. The molecule has 0 spiro atoms. The molecule has 2 aromatic carbocycles. The molecule has 1 saturated heterocycles. The normalized spacial score (nSPS) is 17.0. The molecule has 0 radical (unpaired) electrons. The van der Waals surface area contributed by atoms with Crippen LogP contribution in [0.2, 0.25) is 0 Å². The zero-order chi connectivity index (χ0) is 20.9. The van der Waals surface area contributed by atoms with E-state index in [0.29, 0.717) is 25.2 Å². The first-order valence-corrected chi connectivity index (χ1v) is 11.5. The first-order valence-electron chi connectivity index (χ1n) is 9.60. The van der Waals surface area contributed by atoms with Gasteiger partial charge in [0.15, 0.2) is 0 Å². The van der Waals surface area contributed by atoms with Gasteiger partial charge in [-0.1, -0.05) is 12.1 Å². The first kappa shape index (κ1) is 21.1. The number of amides is 1. The van der Waals surface area contributed by atoms with Crippen LogP contribution in [0.5, 0.6) is 5.75 Å². The summed E-state index contributed by atoms with van der Waals surface area (Å²) in [6, 6.07) is 14.9. The van der Waals surface area contributed by atoms with Crippen LogP contribution < -0.4 is 14.8 Å². The quantitative estimate of drug-likeness (QED) is 0.723. The monoisotopic (exact) mass is 417 g/mol. The van der Waals surface area contributed by atoms with Crippen molar-refractivity contribution in [3.05, 3.63) is 54.1 Å². The summed E-state index contributed by atoms with van der Waals surface area (Å²) in [5.41, 5.74) is 2.19. The highest BCUT2D eigenvalue weighted by molar-refractivity contribution is 7.88. The van der Waals surface area contributed by atoms with Gasteiger partial charge in [-0.15, -0.1) is 0 Å². The summed E-state index contributed by atoms with van der Waals surface area (Å²) in [6.45, 7) is 1.57. The largest absolute Gasteiger partial charge is 0.497 e. The fourth-order valence-corrected chi connectivity index (χ4v) is 4.00. The number of sulfonamides is 1. The molecule has 1 atom stereocenters. The maximum absolute atomic E-state index is 13.2. The SMILES string of the molecule is COc1ccc(Nc2ccccc2C(=O)N2CCC[C@@H](CNS(C)(=O)=O)C2)cc1. The Labute approximate surface area is 172 Å². The number of hydrogen-bond donors (Lipinski definition) is 2. The second kappa shape index (κ2) is 9.28. The van der Waals surface area contributed by atoms with Crippen LogP contribution in [0.3, 0.4) is 0 Å². The molecule has 7 nitrogen and oxygen atoms in total. The molecule has 1 heterocycles. The van der Waals surface area contributed by atoms with Gasteiger partial charge in [-0.25, -0.2) is 13.1 Å². The summed E-state index contributed by atoms with van der Waals surface area (Å²) >= 11 is 0. The van der Waals surface area contributed by atoms with Gasteiger partial charge in [-0.2, -0.15) is 0 Å². The summed E-state index contributed by atoms with van der Waals surface area (Å²) in [5, 5.41) is 3.31. The number of nitrogens with one attached hydrogen (secondary N) is 2. The Balaban J connectivity index is 1.71. The third-order valence-corrected chi connectivity index (χ3v) is 5.66. The van der Waals surface area contributed by atoms with Crippen LogP contribution in [0.4, 0.5) is 11.4 Å². The van der Waals surface area contributed by atoms with Gasteiger partial charge in [-0.05, 0) is 55.2 Å². The van der Waals surface area contributed by atoms with Crippen molar-refractivity contribution in [3.63, 3.8) is 0 Å². The summed E-state index contributed by atoms with van der Waals surface area (Å²) in [6.07, 6.45) is 2.91.